The first-order valence-corrected chi connectivity index (χ1v) is 7.04. The van der Waals surface area contributed by atoms with Crippen molar-refractivity contribution < 1.29 is 19.2 Å². The molecule has 9 heteroatoms. The highest BCUT2D eigenvalue weighted by Gasteiger charge is 2.62. The Bertz CT molecular complexity index is 706. The molecule has 1 aromatic rings. The van der Waals surface area contributed by atoms with E-state index in [0.29, 0.717) is 16.3 Å². The quantitative estimate of drug-likeness (QED) is 0.332. The smallest absolute Gasteiger partial charge is 0.332 e. The molecule has 0 aromatic carbocycles. The molecule has 0 saturated carbocycles. The van der Waals surface area contributed by atoms with Crippen LogP contribution >= 0.6 is 0 Å². The fourth-order valence-corrected chi connectivity index (χ4v) is 2.71. The van der Waals surface area contributed by atoms with E-state index in [1.54, 1.807) is 32.9 Å². The Morgan fingerprint density at radius 3 is 2.57 bits per heavy atom. The van der Waals surface area contributed by atoms with Gasteiger partial charge in [0.25, 0.3) is 11.4 Å². The summed E-state index contributed by atoms with van der Waals surface area (Å²) in [6.45, 7) is 8.14. The first-order chi connectivity index (χ1) is 10.5. The van der Waals surface area contributed by atoms with Crippen LogP contribution in [0.25, 0.3) is 0 Å². The molecule has 126 valence electrons. The normalized spacial score (nSPS) is 25.0. The Balaban J connectivity index is 2.59. The molecule has 1 aliphatic rings. The van der Waals surface area contributed by atoms with Crippen LogP contribution in [0.5, 0.6) is 0 Å². The molecule has 2 heterocycles. The van der Waals surface area contributed by atoms with Gasteiger partial charge in [0.2, 0.25) is 0 Å². The molecule has 2 rings (SSSR count). The zero-order chi connectivity index (χ0) is 17.6. The van der Waals surface area contributed by atoms with Crippen LogP contribution in [0.15, 0.2) is 21.7 Å². The SMILES string of the molecule is C/C(=N/NC(N)=O)[C@]1(C)N(O)C(C)(C)C(c2ccc(C)o2)=[N+]1[O-]. The lowest BCUT2D eigenvalue weighted by Gasteiger charge is -2.32. The zero-order valence-electron chi connectivity index (χ0n) is 13.7. The average molecular weight is 323 g/mol. The maximum Gasteiger partial charge on any atom is 0.332 e. The summed E-state index contributed by atoms with van der Waals surface area (Å²) in [7, 11) is 0. The van der Waals surface area contributed by atoms with Gasteiger partial charge in [-0.3, -0.25) is 0 Å². The highest BCUT2D eigenvalue weighted by Crippen LogP contribution is 2.36. The van der Waals surface area contributed by atoms with E-state index in [0.717, 1.165) is 5.06 Å². The molecule has 4 N–H and O–H groups in total. The summed E-state index contributed by atoms with van der Waals surface area (Å²) in [5.74, 6) is 1.01. The van der Waals surface area contributed by atoms with Crippen molar-refractivity contribution in [3.63, 3.8) is 0 Å². The lowest BCUT2D eigenvalue weighted by Crippen LogP contribution is -2.57. The van der Waals surface area contributed by atoms with Crippen molar-refractivity contribution in [1.29, 1.82) is 0 Å². The van der Waals surface area contributed by atoms with Gasteiger partial charge in [-0.2, -0.15) is 9.84 Å². The lowest BCUT2D eigenvalue weighted by atomic mass is 9.96. The third-order valence-corrected chi connectivity index (χ3v) is 4.11. The maximum absolute atomic E-state index is 12.9. The number of urea groups is 1. The van der Waals surface area contributed by atoms with Crippen molar-refractivity contribution in [3.8, 4) is 0 Å². The summed E-state index contributed by atoms with van der Waals surface area (Å²) in [6.07, 6.45) is 0. The molecule has 0 saturated heterocycles. The number of hydrogen-bond acceptors (Lipinski definition) is 6. The van der Waals surface area contributed by atoms with E-state index >= 15 is 0 Å². The van der Waals surface area contributed by atoms with Crippen LogP contribution in [0, 0.1) is 12.1 Å². The molecule has 23 heavy (non-hydrogen) atoms. The van der Waals surface area contributed by atoms with Crippen molar-refractivity contribution in [2.75, 3.05) is 0 Å². The predicted molar refractivity (Wildman–Crippen MR) is 83.1 cm³/mol. The van der Waals surface area contributed by atoms with Gasteiger partial charge in [-0.1, -0.05) is 0 Å². The fraction of sp³-hybridized carbons (Fsp3) is 0.500. The van der Waals surface area contributed by atoms with Gasteiger partial charge in [-0.05, 0) is 39.8 Å². The number of carbonyl (C=O) groups excluding carboxylic acids is 1. The Labute approximate surface area is 133 Å². The minimum atomic E-state index is -1.53. The molecule has 1 aliphatic heterocycles. The number of primary amides is 1. The molecule has 0 radical (unpaired) electrons. The van der Waals surface area contributed by atoms with Crippen molar-refractivity contribution in [2.45, 2.75) is 45.8 Å². The minimum Gasteiger partial charge on any atom is -0.622 e. The number of hydrogen-bond donors (Lipinski definition) is 3. The average Bonchev–Trinajstić information content (AvgIpc) is 2.92. The van der Waals surface area contributed by atoms with E-state index in [-0.39, 0.29) is 11.4 Å². The zero-order valence-corrected chi connectivity index (χ0v) is 13.7. The lowest BCUT2D eigenvalue weighted by molar-refractivity contribution is -0.560. The second-order valence-corrected chi connectivity index (χ2v) is 6.12. The molecule has 0 unspecified atom stereocenters. The number of aryl methyl sites for hydroxylation is 1. The monoisotopic (exact) mass is 323 g/mol. The Hall–Kier alpha value is -2.39. The van der Waals surface area contributed by atoms with Crippen LogP contribution in [0.2, 0.25) is 0 Å². The molecule has 0 spiro atoms. The second-order valence-electron chi connectivity index (χ2n) is 6.12. The van der Waals surface area contributed by atoms with E-state index in [1.807, 2.05) is 0 Å². The Kier molecular flexibility index (Phi) is 3.95. The molecular weight excluding hydrogens is 302 g/mol. The van der Waals surface area contributed by atoms with Crippen LogP contribution in [0.3, 0.4) is 0 Å². The van der Waals surface area contributed by atoms with E-state index in [2.05, 4.69) is 10.5 Å². The summed E-state index contributed by atoms with van der Waals surface area (Å²) >= 11 is 0. The van der Waals surface area contributed by atoms with Gasteiger partial charge in [0.15, 0.2) is 5.76 Å². The molecule has 0 fully saturated rings. The predicted octanol–water partition coefficient (Wildman–Crippen LogP) is 1.13. The van der Waals surface area contributed by atoms with Crippen LogP contribution in [-0.2, 0) is 0 Å². The number of nitrogens with zero attached hydrogens (tertiary/aromatic N) is 3. The summed E-state index contributed by atoms with van der Waals surface area (Å²) in [5, 5.41) is 28.2. The molecule has 2 amide bonds. The molecule has 1 atom stereocenters. The van der Waals surface area contributed by atoms with E-state index in [9.17, 15) is 15.2 Å². The van der Waals surface area contributed by atoms with E-state index < -0.39 is 17.2 Å². The van der Waals surface area contributed by atoms with Gasteiger partial charge >= 0.3 is 6.03 Å². The molecule has 0 aliphatic carbocycles. The third-order valence-electron chi connectivity index (χ3n) is 4.11. The van der Waals surface area contributed by atoms with Crippen LogP contribution in [0.4, 0.5) is 4.79 Å². The number of furan rings is 1. The minimum absolute atomic E-state index is 0.167. The first-order valence-electron chi connectivity index (χ1n) is 7.04. The standard InChI is InChI=1S/C14H21N5O4/c1-8-6-7-10(23-8)11-13(3,4)19(22)14(5,18(11)21)9(2)16-17-12(15)20/h6-7,22H,1-5H3,(H3,15,17,20)/b16-9-/t14-/m0/s1. The maximum atomic E-state index is 12.9. The largest absolute Gasteiger partial charge is 0.622 e. The number of hydrazone groups is 1. The number of nitrogens with one attached hydrogen (secondary N) is 1. The van der Waals surface area contributed by atoms with Gasteiger partial charge in [0, 0.05) is 6.92 Å². The molecule has 9 nitrogen and oxygen atoms in total. The van der Waals surface area contributed by atoms with Gasteiger partial charge in [-0.25, -0.2) is 10.2 Å². The highest BCUT2D eigenvalue weighted by atomic mass is 16.6. The van der Waals surface area contributed by atoms with E-state index in [1.165, 1.54) is 13.8 Å². The molecular formula is C14H21N5O4. The van der Waals surface area contributed by atoms with Crippen molar-refractivity contribution >= 4 is 17.5 Å². The summed E-state index contributed by atoms with van der Waals surface area (Å²) in [6, 6.07) is 2.54. The fourth-order valence-electron chi connectivity index (χ4n) is 2.71. The van der Waals surface area contributed by atoms with Crippen molar-refractivity contribution in [2.24, 2.45) is 10.8 Å². The molecule has 0 bridgehead atoms. The van der Waals surface area contributed by atoms with Gasteiger partial charge in [0.05, 0.1) is 0 Å². The van der Waals surface area contributed by atoms with Crippen LogP contribution in [-0.4, -0.2) is 43.7 Å². The summed E-state index contributed by atoms with van der Waals surface area (Å²) < 4.78 is 6.18. The van der Waals surface area contributed by atoms with Gasteiger partial charge < -0.3 is 20.6 Å². The number of carbonyl (C=O) groups is 1. The summed E-state index contributed by atoms with van der Waals surface area (Å²) in [5.41, 5.74) is 4.90. The van der Waals surface area contributed by atoms with Crippen LogP contribution in [0.1, 0.15) is 39.2 Å². The Morgan fingerprint density at radius 1 is 1.48 bits per heavy atom. The Morgan fingerprint density at radius 2 is 2.09 bits per heavy atom. The number of amides is 2. The first kappa shape index (κ1) is 17.0. The molecule has 1 aromatic heterocycles. The third kappa shape index (κ3) is 2.47. The van der Waals surface area contributed by atoms with Gasteiger partial charge in [-0.15, -0.1) is 5.06 Å². The number of nitrogens with two attached hydrogens (primary N) is 1. The van der Waals surface area contributed by atoms with E-state index in [4.69, 9.17) is 10.2 Å². The van der Waals surface area contributed by atoms with Gasteiger partial charge in [0.1, 0.15) is 17.0 Å². The number of rotatable bonds is 3. The topological polar surface area (TPSA) is 130 Å². The van der Waals surface area contributed by atoms with Crippen LogP contribution < -0.4 is 11.2 Å². The second kappa shape index (κ2) is 5.36. The highest BCUT2D eigenvalue weighted by molar-refractivity contribution is 6.05. The number of hydroxylamine groups is 3. The van der Waals surface area contributed by atoms with Crippen molar-refractivity contribution in [1.82, 2.24) is 10.5 Å². The van der Waals surface area contributed by atoms with Crippen molar-refractivity contribution in [3.05, 3.63) is 28.9 Å². The summed E-state index contributed by atoms with van der Waals surface area (Å²) in [4.78, 5) is 10.8.